The van der Waals surface area contributed by atoms with E-state index in [-0.39, 0.29) is 5.91 Å². The number of carbonyl (C=O) groups excluding carboxylic acids is 1. The van der Waals surface area contributed by atoms with Gasteiger partial charge in [0, 0.05) is 6.42 Å². The van der Waals surface area contributed by atoms with Gasteiger partial charge in [0.15, 0.2) is 0 Å². The van der Waals surface area contributed by atoms with E-state index in [0.29, 0.717) is 6.42 Å². The van der Waals surface area contributed by atoms with Gasteiger partial charge in [-0.3, -0.25) is 4.79 Å². The number of rotatable bonds is 3. The van der Waals surface area contributed by atoms with Crippen LogP contribution >= 0.6 is 0 Å². The Hall–Kier alpha value is -0.610. The van der Waals surface area contributed by atoms with Crippen LogP contribution in [0.15, 0.2) is 0 Å². The van der Waals surface area contributed by atoms with Crippen LogP contribution in [0, 0.1) is 0 Å². The average Bonchev–Trinajstić information content (AvgIpc) is 1.90. The minimum Gasteiger partial charge on any atom is -0.270 e. The summed E-state index contributed by atoms with van der Waals surface area (Å²) in [5.41, 5.74) is 0. The summed E-state index contributed by atoms with van der Waals surface area (Å²) in [6.45, 7) is 1.73. The first-order valence-corrected chi connectivity index (χ1v) is 2.67. The van der Waals surface area contributed by atoms with Crippen molar-refractivity contribution in [3.63, 3.8) is 0 Å². The van der Waals surface area contributed by atoms with Gasteiger partial charge in [-0.1, -0.05) is 12.2 Å². The van der Waals surface area contributed by atoms with Crippen LogP contribution < -0.4 is 0 Å². The predicted octanol–water partition coefficient (Wildman–Crippen LogP) is 0.348. The highest BCUT2D eigenvalue weighted by atomic mass is 16.9. The lowest BCUT2D eigenvalue weighted by atomic mass is 10.5. The van der Waals surface area contributed by atoms with Crippen molar-refractivity contribution in [1.82, 2.24) is 5.23 Å². The summed E-state index contributed by atoms with van der Waals surface area (Å²) >= 11 is 0. The molecule has 0 spiro atoms. The fourth-order valence-corrected chi connectivity index (χ4v) is 0.407. The van der Waals surface area contributed by atoms with Gasteiger partial charge in [-0.2, -0.15) is 0 Å². The zero-order valence-electron chi connectivity index (χ0n) is 5.88. The molecule has 4 nitrogen and oxygen atoms in total. The number of hydroxylamine groups is 2. The highest BCUT2D eigenvalue weighted by molar-refractivity contribution is 5.73. The summed E-state index contributed by atoms with van der Waals surface area (Å²) in [7, 11) is 2.74. The highest BCUT2D eigenvalue weighted by Gasteiger charge is 2.07. The van der Waals surface area contributed by atoms with Gasteiger partial charge in [0.25, 0.3) is 5.91 Å². The zero-order chi connectivity index (χ0) is 7.28. The van der Waals surface area contributed by atoms with Crippen molar-refractivity contribution in [2.75, 3.05) is 14.2 Å². The molecule has 0 rings (SSSR count). The molecule has 0 saturated carbocycles. The first kappa shape index (κ1) is 8.39. The fourth-order valence-electron chi connectivity index (χ4n) is 0.407. The molecule has 4 heteroatoms. The second-order valence-electron chi connectivity index (χ2n) is 1.37. The van der Waals surface area contributed by atoms with Crippen LogP contribution in [0.4, 0.5) is 0 Å². The normalized spacial score (nSPS) is 9.22. The van der Waals surface area contributed by atoms with Crippen molar-refractivity contribution < 1.29 is 14.5 Å². The SMILES string of the molecule is CCC(=O)N(OC)OC. The molecule has 0 aromatic heterocycles. The van der Waals surface area contributed by atoms with E-state index in [1.165, 1.54) is 14.2 Å². The monoisotopic (exact) mass is 133 g/mol. The van der Waals surface area contributed by atoms with Gasteiger partial charge in [-0.05, 0) is 0 Å². The molecule has 0 aliphatic carbocycles. The zero-order valence-corrected chi connectivity index (χ0v) is 5.88. The van der Waals surface area contributed by atoms with Crippen LogP contribution in [-0.2, 0) is 14.5 Å². The van der Waals surface area contributed by atoms with Gasteiger partial charge < -0.3 is 0 Å². The van der Waals surface area contributed by atoms with Gasteiger partial charge in [0.2, 0.25) is 0 Å². The summed E-state index contributed by atoms with van der Waals surface area (Å²) in [6, 6.07) is 0. The minimum absolute atomic E-state index is 0.194. The third-order valence-corrected chi connectivity index (χ3v) is 0.838. The number of nitrogens with zero attached hydrogens (tertiary/aromatic N) is 1. The molecule has 0 heterocycles. The molecule has 0 atom stereocenters. The second kappa shape index (κ2) is 4.29. The third kappa shape index (κ3) is 2.43. The Morgan fingerprint density at radius 2 is 1.89 bits per heavy atom. The van der Waals surface area contributed by atoms with Crippen LogP contribution in [0.3, 0.4) is 0 Å². The third-order valence-electron chi connectivity index (χ3n) is 0.838. The average molecular weight is 133 g/mol. The Labute approximate surface area is 54.3 Å². The Kier molecular flexibility index (Phi) is 4.00. The molecular formula is C5H11NO3. The Morgan fingerprint density at radius 1 is 1.44 bits per heavy atom. The van der Waals surface area contributed by atoms with Crippen LogP contribution in [-0.4, -0.2) is 25.4 Å². The largest absolute Gasteiger partial charge is 0.273 e. The second-order valence-corrected chi connectivity index (χ2v) is 1.37. The summed E-state index contributed by atoms with van der Waals surface area (Å²) in [5, 5.41) is 0.833. The maximum atomic E-state index is 10.6. The van der Waals surface area contributed by atoms with E-state index < -0.39 is 0 Å². The Balaban J connectivity index is 3.64. The van der Waals surface area contributed by atoms with Gasteiger partial charge in [0.05, 0.1) is 14.2 Å². The quantitative estimate of drug-likeness (QED) is 0.521. The Morgan fingerprint density at radius 3 is 2.00 bits per heavy atom. The van der Waals surface area contributed by atoms with E-state index in [2.05, 4.69) is 9.68 Å². The molecule has 54 valence electrons. The molecule has 0 N–H and O–H groups in total. The van der Waals surface area contributed by atoms with Gasteiger partial charge in [-0.25, -0.2) is 9.68 Å². The molecule has 0 fully saturated rings. The predicted molar refractivity (Wildman–Crippen MR) is 31.2 cm³/mol. The molecule has 0 aliphatic heterocycles. The van der Waals surface area contributed by atoms with Crippen molar-refractivity contribution in [3.8, 4) is 0 Å². The summed E-state index contributed by atoms with van der Waals surface area (Å²) in [5.74, 6) is -0.194. The maximum absolute atomic E-state index is 10.6. The lowest BCUT2D eigenvalue weighted by Gasteiger charge is -2.13. The Bertz CT molecular complexity index is 90.2. The molecular weight excluding hydrogens is 122 g/mol. The van der Waals surface area contributed by atoms with Crippen molar-refractivity contribution in [3.05, 3.63) is 0 Å². The maximum Gasteiger partial charge on any atom is 0.273 e. The van der Waals surface area contributed by atoms with E-state index in [1.54, 1.807) is 6.92 Å². The number of amides is 1. The molecule has 0 radical (unpaired) electrons. The highest BCUT2D eigenvalue weighted by Crippen LogP contribution is 1.91. The minimum atomic E-state index is -0.194. The molecule has 0 aromatic rings. The lowest BCUT2D eigenvalue weighted by molar-refractivity contribution is -0.317. The van der Waals surface area contributed by atoms with Gasteiger partial charge in [-0.15, -0.1) is 0 Å². The lowest BCUT2D eigenvalue weighted by Crippen LogP contribution is -2.27. The molecule has 0 aromatic carbocycles. The topological polar surface area (TPSA) is 38.8 Å². The van der Waals surface area contributed by atoms with E-state index >= 15 is 0 Å². The molecule has 0 bridgehead atoms. The van der Waals surface area contributed by atoms with Gasteiger partial charge >= 0.3 is 0 Å². The van der Waals surface area contributed by atoms with E-state index in [9.17, 15) is 4.79 Å². The molecule has 0 aliphatic rings. The molecule has 0 saturated heterocycles. The summed E-state index contributed by atoms with van der Waals surface area (Å²) in [6.07, 6.45) is 0.377. The molecule has 1 amide bonds. The summed E-state index contributed by atoms with van der Waals surface area (Å²) < 4.78 is 0. The van der Waals surface area contributed by atoms with E-state index in [4.69, 9.17) is 0 Å². The standard InChI is InChI=1S/C5H11NO3/c1-4-5(7)6(8-2)9-3/h4H2,1-3H3. The van der Waals surface area contributed by atoms with Crippen LogP contribution in [0.2, 0.25) is 0 Å². The number of hydrogen-bond donors (Lipinski definition) is 0. The van der Waals surface area contributed by atoms with Gasteiger partial charge in [0.1, 0.15) is 0 Å². The van der Waals surface area contributed by atoms with Crippen LogP contribution in [0.25, 0.3) is 0 Å². The fraction of sp³-hybridized carbons (Fsp3) is 0.800. The number of hydrogen-bond acceptors (Lipinski definition) is 3. The van der Waals surface area contributed by atoms with E-state index in [1.807, 2.05) is 0 Å². The molecule has 9 heavy (non-hydrogen) atoms. The summed E-state index contributed by atoms with van der Waals surface area (Å²) in [4.78, 5) is 19.7. The van der Waals surface area contributed by atoms with Crippen molar-refractivity contribution in [2.24, 2.45) is 0 Å². The first-order chi connectivity index (χ1) is 4.26. The number of carbonyl (C=O) groups is 1. The van der Waals surface area contributed by atoms with Crippen molar-refractivity contribution in [2.45, 2.75) is 13.3 Å². The van der Waals surface area contributed by atoms with Crippen molar-refractivity contribution >= 4 is 5.91 Å². The first-order valence-electron chi connectivity index (χ1n) is 2.67. The van der Waals surface area contributed by atoms with Crippen LogP contribution in [0.5, 0.6) is 0 Å². The smallest absolute Gasteiger partial charge is 0.270 e. The van der Waals surface area contributed by atoms with E-state index in [0.717, 1.165) is 5.23 Å². The van der Waals surface area contributed by atoms with Crippen molar-refractivity contribution in [1.29, 1.82) is 0 Å². The molecule has 0 unspecified atom stereocenters. The van der Waals surface area contributed by atoms with Crippen LogP contribution in [0.1, 0.15) is 13.3 Å².